The van der Waals surface area contributed by atoms with Crippen LogP contribution in [0.3, 0.4) is 0 Å². The first-order valence-electron chi connectivity index (χ1n) is 5.74. The molecule has 0 saturated heterocycles. The van der Waals surface area contributed by atoms with Crippen LogP contribution in [0.1, 0.15) is 19.2 Å². The molecule has 0 aliphatic rings. The van der Waals surface area contributed by atoms with Gasteiger partial charge < -0.3 is 24.7 Å². The van der Waals surface area contributed by atoms with Crippen molar-refractivity contribution in [3.05, 3.63) is 11.3 Å². The third kappa shape index (κ3) is 2.98. The highest BCUT2D eigenvalue weighted by atomic mass is 31.2. The third-order valence-corrected chi connectivity index (χ3v) is 2.87. The van der Waals surface area contributed by atoms with Crippen LogP contribution >= 0.6 is 7.60 Å². The van der Waals surface area contributed by atoms with Crippen molar-refractivity contribution < 1.29 is 24.3 Å². The fourth-order valence-corrected chi connectivity index (χ4v) is 1.89. The van der Waals surface area contributed by atoms with Crippen molar-refractivity contribution in [2.45, 2.75) is 19.8 Å². The van der Waals surface area contributed by atoms with E-state index in [0.29, 0.717) is 17.0 Å². The fourth-order valence-electron chi connectivity index (χ4n) is 1.61. The summed E-state index contributed by atoms with van der Waals surface area (Å²) in [6, 6.07) is -0.500. The summed E-state index contributed by atoms with van der Waals surface area (Å²) in [6.45, 7) is 1.95. The van der Waals surface area contributed by atoms with Crippen molar-refractivity contribution in [1.82, 2.24) is 19.7 Å². The predicted octanol–water partition coefficient (Wildman–Crippen LogP) is -0.0573. The molecule has 2 aromatic rings. The Balaban J connectivity index is 2.45. The Hall–Kier alpha value is -1.90. The summed E-state index contributed by atoms with van der Waals surface area (Å²) in [4.78, 5) is 28.0. The lowest BCUT2D eigenvalue weighted by Crippen LogP contribution is -2.16. The SMILES string of the molecule is CCCc1nc2c([nH]1)c(=N)nc(OCP(=O)(O)O)n2O. The maximum absolute atomic E-state index is 10.7. The molecule has 11 heteroatoms. The second-order valence-corrected chi connectivity index (χ2v) is 5.71. The van der Waals surface area contributed by atoms with E-state index in [-0.39, 0.29) is 16.7 Å². The molecule has 10 nitrogen and oxygen atoms in total. The Morgan fingerprint density at radius 1 is 1.45 bits per heavy atom. The van der Waals surface area contributed by atoms with E-state index < -0.39 is 20.0 Å². The molecule has 0 aromatic carbocycles. The first kappa shape index (κ1) is 14.5. The molecule has 0 spiro atoms. The third-order valence-electron chi connectivity index (χ3n) is 2.41. The van der Waals surface area contributed by atoms with Crippen LogP contribution in [0, 0.1) is 5.41 Å². The zero-order chi connectivity index (χ0) is 14.9. The number of aryl methyl sites for hydroxylation is 1. The van der Waals surface area contributed by atoms with Gasteiger partial charge in [0, 0.05) is 6.42 Å². The number of aromatic nitrogens is 4. The first-order chi connectivity index (χ1) is 9.31. The van der Waals surface area contributed by atoms with Crippen LogP contribution in [-0.4, -0.2) is 41.0 Å². The van der Waals surface area contributed by atoms with E-state index in [1.807, 2.05) is 6.92 Å². The van der Waals surface area contributed by atoms with E-state index in [1.54, 1.807) is 0 Å². The van der Waals surface area contributed by atoms with E-state index in [0.717, 1.165) is 6.42 Å². The normalized spacial score (nSPS) is 11.9. The maximum atomic E-state index is 10.7. The molecule has 0 aliphatic carbocycles. The maximum Gasteiger partial charge on any atom is 0.362 e. The minimum absolute atomic E-state index is 0.0224. The van der Waals surface area contributed by atoms with E-state index in [2.05, 4.69) is 15.0 Å². The highest BCUT2D eigenvalue weighted by Crippen LogP contribution is 2.34. The second-order valence-electron chi connectivity index (χ2n) is 4.13. The number of ether oxygens (including phenoxy) is 1. The largest absolute Gasteiger partial charge is 0.450 e. The Labute approximate surface area is 112 Å². The molecular formula is C9H14N5O5P. The molecular weight excluding hydrogens is 289 g/mol. The zero-order valence-electron chi connectivity index (χ0n) is 10.6. The standard InChI is InChI=1S/C9H14N5O5P/c1-2-3-5-11-6-7(10)13-9(14(15)8(6)12-5)19-4-20(16,17)18/h10,15H,2-4H2,1H3,(H,11,12)(H2,16,17,18). The Bertz CT molecular complexity index is 732. The zero-order valence-corrected chi connectivity index (χ0v) is 11.5. The monoisotopic (exact) mass is 303 g/mol. The highest BCUT2D eigenvalue weighted by molar-refractivity contribution is 7.51. The average molecular weight is 303 g/mol. The summed E-state index contributed by atoms with van der Waals surface area (Å²) in [7, 11) is -4.41. The van der Waals surface area contributed by atoms with Crippen molar-refractivity contribution in [3.63, 3.8) is 0 Å². The summed E-state index contributed by atoms with van der Waals surface area (Å²) in [5.41, 5.74) is 0.00880. The van der Waals surface area contributed by atoms with Crippen molar-refractivity contribution in [2.75, 3.05) is 6.35 Å². The molecule has 0 saturated carbocycles. The summed E-state index contributed by atoms with van der Waals surface area (Å²) in [6.07, 6.45) is 0.512. The molecule has 0 unspecified atom stereocenters. The lowest BCUT2D eigenvalue weighted by molar-refractivity contribution is 0.144. The fraction of sp³-hybridized carbons (Fsp3) is 0.444. The average Bonchev–Trinajstić information content (AvgIpc) is 2.76. The smallest absolute Gasteiger partial charge is 0.362 e. The van der Waals surface area contributed by atoms with E-state index >= 15 is 0 Å². The summed E-state index contributed by atoms with van der Waals surface area (Å²) >= 11 is 0. The lowest BCUT2D eigenvalue weighted by Gasteiger charge is -2.08. The molecule has 2 rings (SSSR count). The minimum atomic E-state index is -4.41. The number of imidazole rings is 1. The van der Waals surface area contributed by atoms with Gasteiger partial charge in [0.05, 0.1) is 0 Å². The highest BCUT2D eigenvalue weighted by Gasteiger charge is 2.19. The Morgan fingerprint density at radius 2 is 2.15 bits per heavy atom. The van der Waals surface area contributed by atoms with Gasteiger partial charge in [0.1, 0.15) is 11.3 Å². The van der Waals surface area contributed by atoms with Crippen molar-refractivity contribution in [2.24, 2.45) is 0 Å². The molecule has 0 bridgehead atoms. The van der Waals surface area contributed by atoms with Crippen LogP contribution in [0.5, 0.6) is 6.01 Å². The predicted molar refractivity (Wildman–Crippen MR) is 66.5 cm³/mol. The van der Waals surface area contributed by atoms with Crippen molar-refractivity contribution >= 4 is 18.8 Å². The van der Waals surface area contributed by atoms with Gasteiger partial charge in [-0.05, 0) is 6.42 Å². The van der Waals surface area contributed by atoms with Gasteiger partial charge in [0.2, 0.25) is 5.65 Å². The van der Waals surface area contributed by atoms with E-state index in [9.17, 15) is 9.77 Å². The molecule has 0 atom stereocenters. The Morgan fingerprint density at radius 3 is 2.75 bits per heavy atom. The minimum Gasteiger partial charge on any atom is -0.450 e. The topological polar surface area (TPSA) is 157 Å². The van der Waals surface area contributed by atoms with Crippen LogP contribution in [0.15, 0.2) is 0 Å². The molecule has 0 fully saturated rings. The van der Waals surface area contributed by atoms with Gasteiger partial charge in [-0.1, -0.05) is 6.92 Å². The van der Waals surface area contributed by atoms with Gasteiger partial charge in [0.15, 0.2) is 11.8 Å². The van der Waals surface area contributed by atoms with Crippen molar-refractivity contribution in [3.8, 4) is 6.01 Å². The van der Waals surface area contributed by atoms with Crippen LogP contribution < -0.4 is 10.2 Å². The number of rotatable bonds is 5. The summed E-state index contributed by atoms with van der Waals surface area (Å²) in [5.74, 6) is 0.577. The number of nitrogens with one attached hydrogen (secondary N) is 2. The number of hydrogen-bond donors (Lipinski definition) is 5. The summed E-state index contributed by atoms with van der Waals surface area (Å²) < 4.78 is 15.9. The van der Waals surface area contributed by atoms with Crippen LogP contribution in [0.2, 0.25) is 0 Å². The molecule has 20 heavy (non-hydrogen) atoms. The van der Waals surface area contributed by atoms with Gasteiger partial charge in [-0.2, -0.15) is 4.98 Å². The first-order valence-corrected chi connectivity index (χ1v) is 7.54. The summed E-state index contributed by atoms with van der Waals surface area (Å²) in [5, 5.41) is 17.6. The molecule has 2 heterocycles. The Kier molecular flexibility index (Phi) is 3.80. The second kappa shape index (κ2) is 5.23. The molecule has 110 valence electrons. The van der Waals surface area contributed by atoms with Crippen LogP contribution in [0.4, 0.5) is 0 Å². The quantitative estimate of drug-likeness (QED) is 0.382. The number of fused-ring (bicyclic) bond motifs is 1. The number of H-pyrrole nitrogens is 1. The molecule has 0 aliphatic heterocycles. The number of nitrogens with zero attached hydrogens (tertiary/aromatic N) is 3. The number of aromatic amines is 1. The molecule has 5 N–H and O–H groups in total. The van der Waals surface area contributed by atoms with Gasteiger partial charge in [-0.3, -0.25) is 9.97 Å². The van der Waals surface area contributed by atoms with Crippen LogP contribution in [-0.2, 0) is 11.0 Å². The molecule has 0 amide bonds. The van der Waals surface area contributed by atoms with E-state index in [4.69, 9.17) is 19.9 Å². The van der Waals surface area contributed by atoms with Crippen LogP contribution in [0.25, 0.3) is 11.2 Å². The number of hydrogen-bond acceptors (Lipinski definition) is 6. The van der Waals surface area contributed by atoms with Gasteiger partial charge >= 0.3 is 13.6 Å². The lowest BCUT2D eigenvalue weighted by atomic mass is 10.3. The van der Waals surface area contributed by atoms with Gasteiger partial charge in [-0.25, -0.2) is 4.98 Å². The van der Waals surface area contributed by atoms with Gasteiger partial charge in [0.25, 0.3) is 0 Å². The molecule has 2 aromatic heterocycles. The van der Waals surface area contributed by atoms with Gasteiger partial charge in [-0.15, -0.1) is 4.73 Å². The molecule has 0 radical (unpaired) electrons. The van der Waals surface area contributed by atoms with Crippen molar-refractivity contribution in [1.29, 1.82) is 5.41 Å². The van der Waals surface area contributed by atoms with E-state index in [1.165, 1.54) is 0 Å².